The van der Waals surface area contributed by atoms with Crippen LogP contribution < -0.4 is 5.32 Å². The minimum absolute atomic E-state index is 0.140. The van der Waals surface area contributed by atoms with Crippen LogP contribution in [0, 0.1) is 0 Å². The highest BCUT2D eigenvalue weighted by molar-refractivity contribution is 5.78. The van der Waals surface area contributed by atoms with Crippen molar-refractivity contribution in [1.29, 1.82) is 0 Å². The first-order valence-corrected chi connectivity index (χ1v) is 5.74. The maximum Gasteiger partial charge on any atom is 0.224 e. The molecule has 0 bridgehead atoms. The summed E-state index contributed by atoms with van der Waals surface area (Å²) in [5.41, 5.74) is -0.614. The van der Waals surface area contributed by atoms with Crippen LogP contribution in [0.4, 0.5) is 0 Å². The number of β-amino-alcohol motifs (C(OH)–C–C–N with tert-alkyl or cyclic N) is 1. The molecule has 1 saturated heterocycles. The Morgan fingerprint density at radius 2 is 2.13 bits per heavy atom. The van der Waals surface area contributed by atoms with Crippen molar-refractivity contribution in [1.82, 2.24) is 10.2 Å². The van der Waals surface area contributed by atoms with Gasteiger partial charge in [-0.15, -0.1) is 0 Å². The van der Waals surface area contributed by atoms with Gasteiger partial charge in [0.15, 0.2) is 0 Å². The van der Waals surface area contributed by atoms with Gasteiger partial charge in [0.2, 0.25) is 5.91 Å². The van der Waals surface area contributed by atoms with E-state index in [1.807, 2.05) is 20.8 Å². The number of carbonyl (C=O) groups is 1. The maximum atomic E-state index is 11.7. The highest BCUT2D eigenvalue weighted by Crippen LogP contribution is 2.24. The standard InChI is InChI=1S/C11H22N2O2/c1-4-11(15)7-13(8-11)10(14)6-9(3)12-5-2/h9,12,15H,4-8H2,1-3H3. The molecule has 1 heterocycles. The fraction of sp³-hybridized carbons (Fsp3) is 0.909. The third-order valence-electron chi connectivity index (χ3n) is 3.01. The first-order chi connectivity index (χ1) is 7.00. The molecule has 15 heavy (non-hydrogen) atoms. The Morgan fingerprint density at radius 1 is 1.53 bits per heavy atom. The van der Waals surface area contributed by atoms with Crippen molar-refractivity contribution in [2.75, 3.05) is 19.6 Å². The predicted molar refractivity (Wildman–Crippen MR) is 59.6 cm³/mol. The number of hydrogen-bond acceptors (Lipinski definition) is 3. The van der Waals surface area contributed by atoms with E-state index in [9.17, 15) is 9.90 Å². The van der Waals surface area contributed by atoms with Crippen molar-refractivity contribution in [3.63, 3.8) is 0 Å². The number of carbonyl (C=O) groups excluding carboxylic acids is 1. The molecule has 4 heteroatoms. The molecule has 2 N–H and O–H groups in total. The fourth-order valence-corrected chi connectivity index (χ4v) is 1.88. The second kappa shape index (κ2) is 4.94. The number of likely N-dealkylation sites (tertiary alicyclic amines) is 1. The molecule has 0 aromatic heterocycles. The average molecular weight is 214 g/mol. The van der Waals surface area contributed by atoms with Gasteiger partial charge in [0.1, 0.15) is 0 Å². The quantitative estimate of drug-likeness (QED) is 0.694. The Balaban J connectivity index is 2.26. The lowest BCUT2D eigenvalue weighted by Gasteiger charge is -2.46. The highest BCUT2D eigenvalue weighted by Gasteiger charge is 2.41. The molecular formula is C11H22N2O2. The molecule has 1 aliphatic heterocycles. The topological polar surface area (TPSA) is 52.6 Å². The van der Waals surface area contributed by atoms with Crippen molar-refractivity contribution in [3.8, 4) is 0 Å². The molecule has 0 aromatic rings. The van der Waals surface area contributed by atoms with E-state index >= 15 is 0 Å². The van der Waals surface area contributed by atoms with Gasteiger partial charge in [0.05, 0.1) is 18.7 Å². The van der Waals surface area contributed by atoms with E-state index in [1.165, 1.54) is 0 Å². The van der Waals surface area contributed by atoms with Crippen molar-refractivity contribution < 1.29 is 9.90 Å². The number of hydrogen-bond donors (Lipinski definition) is 2. The Labute approximate surface area is 91.6 Å². The van der Waals surface area contributed by atoms with Gasteiger partial charge in [0, 0.05) is 12.5 Å². The Bertz CT molecular complexity index is 225. The SMILES string of the molecule is CCNC(C)CC(=O)N1CC(O)(CC)C1. The van der Waals surface area contributed by atoms with Crippen LogP contribution in [-0.2, 0) is 4.79 Å². The van der Waals surface area contributed by atoms with Crippen molar-refractivity contribution in [2.45, 2.75) is 45.3 Å². The average Bonchev–Trinajstić information content (AvgIpc) is 2.13. The molecule has 4 nitrogen and oxygen atoms in total. The van der Waals surface area contributed by atoms with Crippen LogP contribution >= 0.6 is 0 Å². The highest BCUT2D eigenvalue weighted by atomic mass is 16.3. The van der Waals surface area contributed by atoms with Crippen molar-refractivity contribution in [2.24, 2.45) is 0 Å². The lowest BCUT2D eigenvalue weighted by atomic mass is 9.91. The fourth-order valence-electron chi connectivity index (χ4n) is 1.88. The van der Waals surface area contributed by atoms with E-state index in [-0.39, 0.29) is 11.9 Å². The zero-order valence-electron chi connectivity index (χ0n) is 9.92. The Kier molecular flexibility index (Phi) is 4.11. The molecule has 1 atom stereocenters. The third-order valence-corrected chi connectivity index (χ3v) is 3.01. The molecule has 0 radical (unpaired) electrons. The molecule has 0 spiro atoms. The molecule has 1 fully saturated rings. The lowest BCUT2D eigenvalue weighted by Crippen LogP contribution is -2.63. The Hall–Kier alpha value is -0.610. The molecule has 88 valence electrons. The van der Waals surface area contributed by atoms with Gasteiger partial charge in [-0.05, 0) is 19.9 Å². The lowest BCUT2D eigenvalue weighted by molar-refractivity contribution is -0.156. The molecule has 1 rings (SSSR count). The van der Waals surface area contributed by atoms with Crippen molar-refractivity contribution >= 4 is 5.91 Å². The van der Waals surface area contributed by atoms with E-state index in [4.69, 9.17) is 0 Å². The minimum Gasteiger partial charge on any atom is -0.386 e. The summed E-state index contributed by atoms with van der Waals surface area (Å²) in [6.07, 6.45) is 1.24. The van der Waals surface area contributed by atoms with Gasteiger partial charge < -0.3 is 15.3 Å². The van der Waals surface area contributed by atoms with Gasteiger partial charge in [-0.3, -0.25) is 4.79 Å². The summed E-state index contributed by atoms with van der Waals surface area (Å²) in [5.74, 6) is 0.140. The van der Waals surface area contributed by atoms with Crippen molar-refractivity contribution in [3.05, 3.63) is 0 Å². The smallest absolute Gasteiger partial charge is 0.224 e. The van der Waals surface area contributed by atoms with Crippen LogP contribution in [0.3, 0.4) is 0 Å². The number of nitrogens with one attached hydrogen (secondary N) is 1. The number of nitrogens with zero attached hydrogens (tertiary/aromatic N) is 1. The Morgan fingerprint density at radius 3 is 2.60 bits per heavy atom. The summed E-state index contributed by atoms with van der Waals surface area (Å²) >= 11 is 0. The molecule has 1 amide bonds. The van der Waals surface area contributed by atoms with Crippen LogP contribution in [0.1, 0.15) is 33.6 Å². The molecule has 1 aliphatic rings. The van der Waals surface area contributed by atoms with Gasteiger partial charge in [-0.1, -0.05) is 13.8 Å². The number of aliphatic hydroxyl groups is 1. The maximum absolute atomic E-state index is 11.7. The van der Waals surface area contributed by atoms with Crippen LogP contribution in [0.25, 0.3) is 0 Å². The van der Waals surface area contributed by atoms with Gasteiger partial charge >= 0.3 is 0 Å². The van der Waals surface area contributed by atoms with Gasteiger partial charge in [0.25, 0.3) is 0 Å². The van der Waals surface area contributed by atoms with Crippen LogP contribution in [0.15, 0.2) is 0 Å². The summed E-state index contributed by atoms with van der Waals surface area (Å²) in [7, 11) is 0. The molecular weight excluding hydrogens is 192 g/mol. The zero-order chi connectivity index (χ0) is 11.5. The summed E-state index contributed by atoms with van der Waals surface area (Å²) in [6, 6.07) is 0.220. The van der Waals surface area contributed by atoms with E-state index < -0.39 is 5.60 Å². The van der Waals surface area contributed by atoms with Crippen LogP contribution in [-0.4, -0.2) is 47.2 Å². The second-order valence-corrected chi connectivity index (χ2v) is 4.49. The van der Waals surface area contributed by atoms with Gasteiger partial charge in [-0.25, -0.2) is 0 Å². The molecule has 0 saturated carbocycles. The predicted octanol–water partition coefficient (Wildman–Crippen LogP) is 0.358. The summed E-state index contributed by atoms with van der Waals surface area (Å²) in [5, 5.41) is 13.0. The number of amides is 1. The van der Waals surface area contributed by atoms with E-state index in [1.54, 1.807) is 4.90 Å². The summed E-state index contributed by atoms with van der Waals surface area (Å²) < 4.78 is 0. The second-order valence-electron chi connectivity index (χ2n) is 4.49. The molecule has 0 aliphatic carbocycles. The van der Waals surface area contributed by atoms with E-state index in [0.717, 1.165) is 13.0 Å². The van der Waals surface area contributed by atoms with Crippen LogP contribution in [0.5, 0.6) is 0 Å². The minimum atomic E-state index is -0.614. The third kappa shape index (κ3) is 3.18. The first kappa shape index (κ1) is 12.5. The zero-order valence-corrected chi connectivity index (χ0v) is 9.92. The largest absolute Gasteiger partial charge is 0.386 e. The molecule has 1 unspecified atom stereocenters. The summed E-state index contributed by atoms with van der Waals surface area (Å²) in [6.45, 7) is 7.87. The number of rotatable bonds is 5. The van der Waals surface area contributed by atoms with E-state index in [0.29, 0.717) is 19.5 Å². The summed E-state index contributed by atoms with van der Waals surface area (Å²) in [4.78, 5) is 13.4. The van der Waals surface area contributed by atoms with Gasteiger partial charge in [-0.2, -0.15) is 0 Å². The van der Waals surface area contributed by atoms with E-state index in [2.05, 4.69) is 5.32 Å². The normalized spacial score (nSPS) is 20.9. The molecule has 0 aromatic carbocycles. The monoisotopic (exact) mass is 214 g/mol. The first-order valence-electron chi connectivity index (χ1n) is 5.74. The van der Waals surface area contributed by atoms with Crippen LogP contribution in [0.2, 0.25) is 0 Å².